The molecule has 180 valence electrons. The number of benzene rings is 1. The Morgan fingerprint density at radius 2 is 1.62 bits per heavy atom. The topological polar surface area (TPSA) is 94.6 Å². The van der Waals surface area contributed by atoms with Gasteiger partial charge in [0.1, 0.15) is 11.9 Å². The quantitative estimate of drug-likeness (QED) is 0.350. The molecule has 0 bridgehead atoms. The summed E-state index contributed by atoms with van der Waals surface area (Å²) in [5, 5.41) is 14.2. The number of anilines is 1. The van der Waals surface area contributed by atoms with Crippen LogP contribution in [0.3, 0.4) is 0 Å². The van der Waals surface area contributed by atoms with Crippen molar-refractivity contribution in [1.82, 2.24) is 15.3 Å². The molecule has 34 heavy (non-hydrogen) atoms. The Morgan fingerprint density at radius 1 is 0.971 bits per heavy atom. The molecular weight excluding hydrogens is 470 g/mol. The van der Waals surface area contributed by atoms with Crippen molar-refractivity contribution in [3.63, 3.8) is 0 Å². The average Bonchev–Trinajstić information content (AvgIpc) is 3.06. The number of fused-ring (bicyclic) bond motifs is 1. The van der Waals surface area contributed by atoms with Crippen molar-refractivity contribution in [3.05, 3.63) is 71.4 Å². The summed E-state index contributed by atoms with van der Waals surface area (Å²) < 4.78 is 79.8. The van der Waals surface area contributed by atoms with Gasteiger partial charge in [0.05, 0.1) is 29.2 Å². The number of nitrogens with one attached hydrogen (secondary N) is 2. The highest BCUT2D eigenvalue weighted by Gasteiger charge is 2.50. The number of pyridine rings is 1. The van der Waals surface area contributed by atoms with E-state index in [1.54, 1.807) is 12.1 Å². The van der Waals surface area contributed by atoms with Crippen LogP contribution >= 0.6 is 0 Å². The molecule has 2 aliphatic heterocycles. The number of carbonyl (C=O) groups excluding carboxylic acids is 2. The summed E-state index contributed by atoms with van der Waals surface area (Å²) in [6, 6.07) is 2.88. The molecule has 4 unspecified atom stereocenters. The summed E-state index contributed by atoms with van der Waals surface area (Å²) in [6.45, 7) is 0. The molecule has 0 aliphatic carbocycles. The molecule has 0 saturated carbocycles. The molecule has 13 heteroatoms. The van der Waals surface area contributed by atoms with Gasteiger partial charge in [-0.3, -0.25) is 14.9 Å². The number of carbonyl (C=O) groups is 2. The zero-order valence-electron chi connectivity index (χ0n) is 16.9. The Kier molecular flexibility index (Phi) is 5.85. The molecule has 4 atom stereocenters. The van der Waals surface area contributed by atoms with E-state index >= 15 is 0 Å². The van der Waals surface area contributed by atoms with Gasteiger partial charge in [-0.1, -0.05) is 18.2 Å². The third-order valence-corrected chi connectivity index (χ3v) is 5.48. The van der Waals surface area contributed by atoms with Crippen LogP contribution in [0.2, 0.25) is 0 Å². The smallest absolute Gasteiger partial charge is 0.386 e. The van der Waals surface area contributed by atoms with Crippen LogP contribution in [-0.2, 0) is 21.9 Å². The highest BCUT2D eigenvalue weighted by molar-refractivity contribution is 6.08. The fourth-order valence-electron chi connectivity index (χ4n) is 3.90. The van der Waals surface area contributed by atoms with E-state index in [-0.39, 0.29) is 11.9 Å². The summed E-state index contributed by atoms with van der Waals surface area (Å²) in [6.07, 6.45) is -8.23. The number of imide groups is 1. The normalized spacial score (nSPS) is 24.0. The lowest BCUT2D eigenvalue weighted by molar-refractivity contribution is -0.143. The van der Waals surface area contributed by atoms with Crippen molar-refractivity contribution in [2.24, 2.45) is 5.92 Å². The van der Waals surface area contributed by atoms with Gasteiger partial charge in [-0.2, -0.15) is 31.4 Å². The number of nitrogens with zero attached hydrogens (tertiary/aromatic N) is 2. The minimum absolute atomic E-state index is 0.0457. The van der Waals surface area contributed by atoms with Gasteiger partial charge in [-0.05, 0) is 35.9 Å². The molecule has 2 aromatic rings. The van der Waals surface area contributed by atoms with Gasteiger partial charge in [0, 0.05) is 6.20 Å². The first kappa shape index (κ1) is 23.7. The fourth-order valence-corrected chi connectivity index (χ4v) is 3.90. The predicted octanol–water partition coefficient (Wildman–Crippen LogP) is 3.06. The van der Waals surface area contributed by atoms with Crippen LogP contribution in [0.5, 0.6) is 0 Å². The van der Waals surface area contributed by atoms with E-state index in [1.165, 1.54) is 24.4 Å². The number of halogens is 6. The zero-order valence-corrected chi connectivity index (χ0v) is 16.9. The number of hydrogen-bond acceptors (Lipinski definition) is 6. The Balaban J connectivity index is 1.78. The van der Waals surface area contributed by atoms with Gasteiger partial charge >= 0.3 is 12.4 Å². The lowest BCUT2D eigenvalue weighted by Gasteiger charge is -2.40. The Hall–Kier alpha value is -3.45. The van der Waals surface area contributed by atoms with E-state index < -0.39 is 65.0 Å². The van der Waals surface area contributed by atoms with Crippen molar-refractivity contribution in [2.45, 2.75) is 30.5 Å². The Labute approximate surface area is 188 Å². The highest BCUT2D eigenvalue weighted by atomic mass is 19.4. The SMILES string of the molecule is O=C1NC(=O)C2C1C=CC(C(O)c1cc(C(F)(F)F)cc(C(F)(F)F)c1)N2Nc1ccccn1. The third kappa shape index (κ3) is 4.48. The Bertz CT molecular complexity index is 1100. The minimum atomic E-state index is -5.10. The van der Waals surface area contributed by atoms with Gasteiger partial charge in [0.2, 0.25) is 11.8 Å². The van der Waals surface area contributed by atoms with Gasteiger partial charge < -0.3 is 10.5 Å². The maximum atomic E-state index is 13.3. The van der Waals surface area contributed by atoms with Crippen LogP contribution in [0.1, 0.15) is 22.8 Å². The molecule has 7 nitrogen and oxygen atoms in total. The van der Waals surface area contributed by atoms with E-state index in [0.29, 0.717) is 12.1 Å². The summed E-state index contributed by atoms with van der Waals surface area (Å²) in [4.78, 5) is 28.6. The van der Waals surface area contributed by atoms with Crippen LogP contribution in [-0.4, -0.2) is 39.0 Å². The lowest BCUT2D eigenvalue weighted by Crippen LogP contribution is -2.55. The summed E-state index contributed by atoms with van der Waals surface area (Å²) in [7, 11) is 0. The summed E-state index contributed by atoms with van der Waals surface area (Å²) in [5.41, 5.74) is -1.11. The molecule has 1 saturated heterocycles. The van der Waals surface area contributed by atoms with Gasteiger partial charge in [-0.25, -0.2) is 4.98 Å². The van der Waals surface area contributed by atoms with E-state index in [4.69, 9.17) is 0 Å². The molecule has 1 fully saturated rings. The maximum absolute atomic E-state index is 13.3. The first-order chi connectivity index (χ1) is 15.9. The van der Waals surface area contributed by atoms with Crippen molar-refractivity contribution in [1.29, 1.82) is 0 Å². The number of aliphatic hydroxyl groups is 1. The van der Waals surface area contributed by atoms with Gasteiger partial charge in [0.25, 0.3) is 0 Å². The van der Waals surface area contributed by atoms with Crippen molar-refractivity contribution < 1.29 is 41.0 Å². The molecule has 2 aliphatic rings. The van der Waals surface area contributed by atoms with E-state index in [0.717, 1.165) is 5.01 Å². The second-order valence-electron chi connectivity index (χ2n) is 7.72. The molecule has 2 amide bonds. The molecule has 1 aromatic carbocycles. The average molecular weight is 486 g/mol. The Morgan fingerprint density at radius 3 is 2.18 bits per heavy atom. The van der Waals surface area contributed by atoms with E-state index in [2.05, 4.69) is 15.7 Å². The van der Waals surface area contributed by atoms with E-state index in [9.17, 15) is 41.0 Å². The maximum Gasteiger partial charge on any atom is 0.416 e. The second-order valence-corrected chi connectivity index (χ2v) is 7.72. The van der Waals surface area contributed by atoms with Crippen molar-refractivity contribution in [3.8, 4) is 0 Å². The van der Waals surface area contributed by atoms with Crippen LogP contribution in [0.25, 0.3) is 0 Å². The monoisotopic (exact) mass is 486 g/mol. The molecule has 3 N–H and O–H groups in total. The fraction of sp³-hybridized carbons (Fsp3) is 0.286. The van der Waals surface area contributed by atoms with Crippen LogP contribution < -0.4 is 10.7 Å². The number of hydrazine groups is 1. The van der Waals surface area contributed by atoms with Crippen LogP contribution in [0, 0.1) is 5.92 Å². The number of aromatic nitrogens is 1. The number of hydrogen-bond donors (Lipinski definition) is 3. The largest absolute Gasteiger partial charge is 0.416 e. The highest BCUT2D eigenvalue weighted by Crippen LogP contribution is 2.39. The molecular formula is C21H16F6N4O3. The van der Waals surface area contributed by atoms with Crippen LogP contribution in [0.15, 0.2) is 54.7 Å². The number of rotatable bonds is 4. The van der Waals surface area contributed by atoms with Crippen molar-refractivity contribution in [2.75, 3.05) is 5.43 Å². The number of amides is 2. The minimum Gasteiger partial charge on any atom is -0.386 e. The second kappa shape index (κ2) is 8.40. The standard InChI is InChI=1S/C21H16F6N4O3/c22-20(23,24)11-7-10(8-12(9-11)21(25,26)27)17(32)14-5-4-13-16(19(34)29-18(13)33)31(14)30-15-3-1-2-6-28-15/h1-9,13-14,16-17,32H,(H,28,30)(H,29,33,34). The first-order valence-corrected chi connectivity index (χ1v) is 9.83. The summed E-state index contributed by atoms with van der Waals surface area (Å²) in [5.74, 6) is -2.20. The third-order valence-electron chi connectivity index (χ3n) is 5.48. The first-order valence-electron chi connectivity index (χ1n) is 9.83. The molecule has 3 heterocycles. The molecule has 0 radical (unpaired) electrons. The molecule has 0 spiro atoms. The zero-order chi connectivity index (χ0) is 24.8. The van der Waals surface area contributed by atoms with Gasteiger partial charge in [-0.15, -0.1) is 0 Å². The number of aliphatic hydroxyl groups excluding tert-OH is 1. The van der Waals surface area contributed by atoms with Crippen LogP contribution in [0.4, 0.5) is 32.2 Å². The van der Waals surface area contributed by atoms with Gasteiger partial charge in [0.15, 0.2) is 0 Å². The molecule has 4 rings (SSSR count). The number of alkyl halides is 6. The molecule has 1 aromatic heterocycles. The van der Waals surface area contributed by atoms with E-state index in [1.807, 2.05) is 0 Å². The lowest BCUT2D eigenvalue weighted by atomic mass is 9.89. The summed E-state index contributed by atoms with van der Waals surface area (Å²) >= 11 is 0. The van der Waals surface area contributed by atoms with Crippen molar-refractivity contribution >= 4 is 17.6 Å². The predicted molar refractivity (Wildman–Crippen MR) is 104 cm³/mol.